The van der Waals surface area contributed by atoms with Crippen molar-refractivity contribution >= 4 is 11.4 Å². The molecule has 1 aromatic rings. The first kappa shape index (κ1) is 12.1. The van der Waals surface area contributed by atoms with Crippen LogP contribution in [0.5, 0.6) is 0 Å². The number of carbonyl (C=O) groups is 1. The molecule has 0 radical (unpaired) electrons. The van der Waals surface area contributed by atoms with E-state index in [9.17, 15) is 9.90 Å². The number of fused-ring (bicyclic) bond motifs is 5. The van der Waals surface area contributed by atoms with Crippen LogP contribution in [0.3, 0.4) is 0 Å². The minimum atomic E-state index is -0.388. The lowest BCUT2D eigenvalue weighted by Gasteiger charge is -2.39. The van der Waals surface area contributed by atoms with Gasteiger partial charge in [-0.25, -0.2) is 0 Å². The van der Waals surface area contributed by atoms with Gasteiger partial charge >= 0.3 is 0 Å². The molecule has 0 aliphatic heterocycles. The van der Waals surface area contributed by atoms with Gasteiger partial charge in [0.05, 0.1) is 6.10 Å². The fraction of sp³-hybridized carbons (Fsp3) is 0.353. The summed E-state index contributed by atoms with van der Waals surface area (Å²) in [5.41, 5.74) is 10.0. The highest BCUT2D eigenvalue weighted by Crippen LogP contribution is 2.50. The van der Waals surface area contributed by atoms with Gasteiger partial charge in [0, 0.05) is 17.0 Å². The Kier molecular flexibility index (Phi) is 2.35. The zero-order valence-corrected chi connectivity index (χ0v) is 11.2. The number of rotatable bonds is 0. The zero-order valence-electron chi connectivity index (χ0n) is 11.2. The molecular weight excluding hydrogens is 250 g/mol. The molecule has 1 fully saturated rings. The van der Waals surface area contributed by atoms with Crippen molar-refractivity contribution in [2.45, 2.75) is 30.9 Å². The molecule has 3 nitrogen and oxygen atoms in total. The van der Waals surface area contributed by atoms with Crippen LogP contribution in [0.4, 0.5) is 0 Å². The minimum absolute atomic E-state index is 0.0541. The first-order chi connectivity index (χ1) is 9.58. The van der Waals surface area contributed by atoms with Crippen molar-refractivity contribution in [3.05, 3.63) is 53.1 Å². The summed E-state index contributed by atoms with van der Waals surface area (Å²) >= 11 is 0. The second-order valence-corrected chi connectivity index (χ2v) is 6.21. The Hall–Kier alpha value is -1.71. The summed E-state index contributed by atoms with van der Waals surface area (Å²) in [6.07, 6.45) is 5.57. The van der Waals surface area contributed by atoms with Crippen molar-refractivity contribution in [2.24, 2.45) is 11.7 Å². The lowest BCUT2D eigenvalue weighted by Crippen LogP contribution is -2.46. The van der Waals surface area contributed by atoms with Crippen molar-refractivity contribution < 1.29 is 9.90 Å². The molecular formula is C17H17NO2. The van der Waals surface area contributed by atoms with Crippen molar-refractivity contribution in [1.29, 1.82) is 0 Å². The monoisotopic (exact) mass is 267 g/mol. The maximum Gasteiger partial charge on any atom is 0.186 e. The molecule has 1 saturated carbocycles. The van der Waals surface area contributed by atoms with Crippen LogP contribution in [0, 0.1) is 5.92 Å². The summed E-state index contributed by atoms with van der Waals surface area (Å²) in [5, 5.41) is 9.96. The quantitative estimate of drug-likeness (QED) is 0.756. The van der Waals surface area contributed by atoms with Gasteiger partial charge < -0.3 is 10.8 Å². The van der Waals surface area contributed by atoms with Crippen LogP contribution in [0.1, 0.15) is 35.2 Å². The first-order valence-electron chi connectivity index (χ1n) is 7.11. The molecule has 3 atom stereocenters. The molecule has 20 heavy (non-hydrogen) atoms. The van der Waals surface area contributed by atoms with Crippen molar-refractivity contribution in [2.75, 3.05) is 0 Å². The maximum atomic E-state index is 12.3. The standard InChI is InChI=1S/C17H17NO2/c18-17-6-5-12-11-3-1-2-4-13(11)16(20)8-14(12)15(17)7-10(19)9-17/h1-5,8,10,15,19H,6-7,9,18H2/t10-,15+,17+/m0/s1. The van der Waals surface area contributed by atoms with E-state index in [4.69, 9.17) is 5.73 Å². The third-order valence-electron chi connectivity index (χ3n) is 4.96. The average Bonchev–Trinajstić information content (AvgIpc) is 2.74. The first-order valence-corrected chi connectivity index (χ1v) is 7.11. The zero-order chi connectivity index (χ0) is 13.9. The Balaban J connectivity index is 1.89. The predicted molar refractivity (Wildman–Crippen MR) is 77.1 cm³/mol. The van der Waals surface area contributed by atoms with E-state index in [2.05, 4.69) is 6.08 Å². The molecule has 3 heteroatoms. The van der Waals surface area contributed by atoms with Gasteiger partial charge in [0.15, 0.2) is 5.78 Å². The average molecular weight is 267 g/mol. The highest BCUT2D eigenvalue weighted by Gasteiger charge is 2.48. The fourth-order valence-electron chi connectivity index (χ4n) is 4.03. The highest BCUT2D eigenvalue weighted by atomic mass is 16.3. The largest absolute Gasteiger partial charge is 0.393 e. The third-order valence-corrected chi connectivity index (χ3v) is 4.96. The van der Waals surface area contributed by atoms with E-state index in [-0.39, 0.29) is 23.3 Å². The Labute approximate surface area is 117 Å². The van der Waals surface area contributed by atoms with Crippen LogP contribution in [-0.4, -0.2) is 22.5 Å². The number of benzene rings is 1. The van der Waals surface area contributed by atoms with Crippen LogP contribution in [0.2, 0.25) is 0 Å². The second-order valence-electron chi connectivity index (χ2n) is 6.21. The van der Waals surface area contributed by atoms with Crippen LogP contribution in [0.15, 0.2) is 42.0 Å². The van der Waals surface area contributed by atoms with E-state index in [1.165, 1.54) is 0 Å². The van der Waals surface area contributed by atoms with Gasteiger partial charge in [-0.15, -0.1) is 0 Å². The Morgan fingerprint density at radius 1 is 1.25 bits per heavy atom. The van der Waals surface area contributed by atoms with Gasteiger partial charge in [-0.2, -0.15) is 0 Å². The molecule has 3 N–H and O–H groups in total. The predicted octanol–water partition coefficient (Wildman–Crippen LogP) is 2.06. The van der Waals surface area contributed by atoms with E-state index in [0.29, 0.717) is 12.8 Å². The van der Waals surface area contributed by atoms with Crippen LogP contribution in [-0.2, 0) is 0 Å². The Bertz CT molecular complexity index is 673. The number of ketones is 1. The van der Waals surface area contributed by atoms with E-state index in [1.54, 1.807) is 6.08 Å². The van der Waals surface area contributed by atoms with Gasteiger partial charge in [0.1, 0.15) is 0 Å². The normalized spacial score (nSPS) is 34.8. The van der Waals surface area contributed by atoms with Gasteiger partial charge in [0.25, 0.3) is 0 Å². The van der Waals surface area contributed by atoms with Crippen LogP contribution < -0.4 is 5.73 Å². The lowest BCUT2D eigenvalue weighted by atomic mass is 9.68. The number of aliphatic hydroxyl groups excluding tert-OH is 1. The number of aliphatic hydroxyl groups is 1. The smallest absolute Gasteiger partial charge is 0.186 e. The summed E-state index contributed by atoms with van der Waals surface area (Å²) < 4.78 is 0. The number of nitrogens with two attached hydrogens (primary N) is 1. The van der Waals surface area contributed by atoms with Gasteiger partial charge in [-0.1, -0.05) is 30.3 Å². The Morgan fingerprint density at radius 3 is 2.80 bits per heavy atom. The summed E-state index contributed by atoms with van der Waals surface area (Å²) in [6.45, 7) is 0. The SMILES string of the molecule is N[C@@]12CC=C3C(=CC(=O)c4ccccc43)[C@H]1C[C@H](O)C2. The van der Waals surface area contributed by atoms with E-state index in [0.717, 1.165) is 28.7 Å². The molecule has 102 valence electrons. The second kappa shape index (κ2) is 3.90. The van der Waals surface area contributed by atoms with Crippen molar-refractivity contribution in [1.82, 2.24) is 0 Å². The van der Waals surface area contributed by atoms with Crippen molar-refractivity contribution in [3.8, 4) is 0 Å². The maximum absolute atomic E-state index is 12.3. The molecule has 4 rings (SSSR count). The van der Waals surface area contributed by atoms with Crippen molar-refractivity contribution in [3.63, 3.8) is 0 Å². The molecule has 1 aromatic carbocycles. The molecule has 0 bridgehead atoms. The molecule has 3 aliphatic carbocycles. The third kappa shape index (κ3) is 1.51. The summed E-state index contributed by atoms with van der Waals surface area (Å²) in [5.74, 6) is 0.146. The van der Waals surface area contributed by atoms with E-state index in [1.807, 2.05) is 24.3 Å². The highest BCUT2D eigenvalue weighted by molar-refractivity contribution is 6.14. The molecule has 0 amide bonds. The van der Waals surface area contributed by atoms with E-state index < -0.39 is 0 Å². The number of carbonyl (C=O) groups excluding carboxylic acids is 1. The van der Waals surface area contributed by atoms with Crippen LogP contribution in [0.25, 0.3) is 5.57 Å². The number of hydrogen-bond acceptors (Lipinski definition) is 3. The molecule has 0 spiro atoms. The van der Waals surface area contributed by atoms with Gasteiger partial charge in [-0.3, -0.25) is 4.79 Å². The number of allylic oxidation sites excluding steroid dienone is 2. The topological polar surface area (TPSA) is 63.3 Å². The van der Waals surface area contributed by atoms with Gasteiger partial charge in [0.2, 0.25) is 0 Å². The molecule has 0 aromatic heterocycles. The molecule has 3 aliphatic rings. The lowest BCUT2D eigenvalue weighted by molar-refractivity contribution is 0.104. The Morgan fingerprint density at radius 2 is 2.00 bits per heavy atom. The summed E-state index contributed by atoms with van der Waals surface area (Å²) in [7, 11) is 0. The van der Waals surface area contributed by atoms with Crippen LogP contribution >= 0.6 is 0 Å². The van der Waals surface area contributed by atoms with E-state index >= 15 is 0 Å². The fourth-order valence-corrected chi connectivity index (χ4v) is 4.03. The molecule has 0 unspecified atom stereocenters. The number of hydrogen-bond donors (Lipinski definition) is 2. The summed E-state index contributed by atoms with van der Waals surface area (Å²) in [4.78, 5) is 12.3. The summed E-state index contributed by atoms with van der Waals surface area (Å²) in [6, 6.07) is 7.73. The molecule has 0 saturated heterocycles. The van der Waals surface area contributed by atoms with Gasteiger partial charge in [-0.05, 0) is 42.0 Å². The minimum Gasteiger partial charge on any atom is -0.393 e. The molecule has 0 heterocycles.